The van der Waals surface area contributed by atoms with Crippen LogP contribution in [0.15, 0.2) is 42.6 Å². The highest BCUT2D eigenvalue weighted by atomic mass is 35.5. The number of likely N-dealkylation sites (tertiary alicyclic amines) is 1. The minimum atomic E-state index is -0.919. The van der Waals surface area contributed by atoms with Crippen molar-refractivity contribution in [1.29, 1.82) is 0 Å². The second kappa shape index (κ2) is 6.87. The van der Waals surface area contributed by atoms with Crippen LogP contribution in [0, 0.1) is 5.82 Å². The number of hydrogen-bond donors (Lipinski definition) is 1. The number of aliphatic hydroxyl groups is 1. The van der Waals surface area contributed by atoms with Crippen molar-refractivity contribution in [2.24, 2.45) is 0 Å². The van der Waals surface area contributed by atoms with Crippen molar-refractivity contribution in [3.63, 3.8) is 0 Å². The predicted molar refractivity (Wildman–Crippen MR) is 89.4 cm³/mol. The molecule has 1 aliphatic rings. The smallest absolute Gasteiger partial charge is 0.272 e. The molecule has 1 aromatic heterocycles. The summed E-state index contributed by atoms with van der Waals surface area (Å²) in [6.07, 6.45) is 2.72. The molecule has 2 heterocycles. The Labute approximate surface area is 144 Å². The molecule has 0 saturated carbocycles. The molecular weight excluding hydrogens is 331 g/mol. The lowest BCUT2D eigenvalue weighted by Gasteiger charge is -2.38. The molecule has 0 aliphatic carbocycles. The fourth-order valence-corrected chi connectivity index (χ4v) is 3.11. The zero-order valence-electron chi connectivity index (χ0n) is 13.1. The van der Waals surface area contributed by atoms with Gasteiger partial charge in [0.1, 0.15) is 11.5 Å². The highest BCUT2D eigenvalue weighted by Gasteiger charge is 2.34. The van der Waals surface area contributed by atoms with E-state index < -0.39 is 5.60 Å². The molecule has 0 radical (unpaired) electrons. The van der Waals surface area contributed by atoms with E-state index in [0.29, 0.717) is 43.1 Å². The molecule has 126 valence electrons. The Balaban J connectivity index is 1.62. The molecule has 0 bridgehead atoms. The van der Waals surface area contributed by atoms with E-state index in [9.17, 15) is 14.3 Å². The first-order valence-electron chi connectivity index (χ1n) is 7.83. The molecule has 0 unspecified atom stereocenters. The van der Waals surface area contributed by atoms with Crippen molar-refractivity contribution >= 4 is 17.5 Å². The molecule has 0 atom stereocenters. The lowest BCUT2D eigenvalue weighted by Crippen LogP contribution is -2.47. The van der Waals surface area contributed by atoms with E-state index in [-0.39, 0.29) is 11.7 Å². The van der Waals surface area contributed by atoms with E-state index in [0.717, 1.165) is 5.56 Å². The van der Waals surface area contributed by atoms with Crippen molar-refractivity contribution in [2.75, 3.05) is 13.1 Å². The van der Waals surface area contributed by atoms with Gasteiger partial charge in [0.15, 0.2) is 0 Å². The second-order valence-corrected chi connectivity index (χ2v) is 6.62. The molecule has 24 heavy (non-hydrogen) atoms. The van der Waals surface area contributed by atoms with E-state index >= 15 is 0 Å². The van der Waals surface area contributed by atoms with Gasteiger partial charge in [-0.05, 0) is 42.7 Å². The van der Waals surface area contributed by atoms with Crippen LogP contribution in [-0.2, 0) is 6.42 Å². The minimum absolute atomic E-state index is 0.167. The summed E-state index contributed by atoms with van der Waals surface area (Å²) in [5.74, 6) is -0.475. The summed E-state index contributed by atoms with van der Waals surface area (Å²) in [6.45, 7) is 0.879. The van der Waals surface area contributed by atoms with Crippen LogP contribution < -0.4 is 0 Å². The lowest BCUT2D eigenvalue weighted by molar-refractivity contribution is -0.0164. The largest absolute Gasteiger partial charge is 0.389 e. The van der Waals surface area contributed by atoms with Crippen LogP contribution in [0.25, 0.3) is 0 Å². The number of hydrogen-bond acceptors (Lipinski definition) is 3. The Kier molecular flexibility index (Phi) is 4.83. The third-order valence-corrected chi connectivity index (χ3v) is 4.57. The third kappa shape index (κ3) is 3.91. The Morgan fingerprint density at radius 2 is 2.04 bits per heavy atom. The maximum absolute atomic E-state index is 13.3. The number of nitrogens with zero attached hydrogens (tertiary/aromatic N) is 2. The first kappa shape index (κ1) is 16.9. The van der Waals surface area contributed by atoms with Crippen LogP contribution in [0.5, 0.6) is 0 Å². The zero-order chi connectivity index (χ0) is 17.2. The summed E-state index contributed by atoms with van der Waals surface area (Å²) in [6, 6.07) is 9.49. The highest BCUT2D eigenvalue weighted by molar-refractivity contribution is 6.30. The maximum atomic E-state index is 13.3. The molecule has 0 spiro atoms. The van der Waals surface area contributed by atoms with Gasteiger partial charge >= 0.3 is 0 Å². The van der Waals surface area contributed by atoms with Crippen molar-refractivity contribution in [3.8, 4) is 0 Å². The van der Waals surface area contributed by atoms with Gasteiger partial charge in [-0.25, -0.2) is 9.37 Å². The standard InChI is InChI=1S/C18H18ClFN2O2/c19-14-4-5-16(21-12-14)17(23)22-8-6-18(24,7-9-22)11-13-2-1-3-15(20)10-13/h1-5,10,12,24H,6-9,11H2. The van der Waals surface area contributed by atoms with Crippen LogP contribution in [-0.4, -0.2) is 39.6 Å². The number of piperidine rings is 1. The molecule has 1 saturated heterocycles. The number of carbonyl (C=O) groups excluding carboxylic acids is 1. The van der Waals surface area contributed by atoms with Crippen molar-refractivity contribution < 1.29 is 14.3 Å². The van der Waals surface area contributed by atoms with Crippen LogP contribution in [0.4, 0.5) is 4.39 Å². The van der Waals surface area contributed by atoms with Crippen molar-refractivity contribution in [2.45, 2.75) is 24.9 Å². The maximum Gasteiger partial charge on any atom is 0.272 e. The fourth-order valence-electron chi connectivity index (χ4n) is 2.99. The van der Waals surface area contributed by atoms with Gasteiger partial charge in [0.05, 0.1) is 10.6 Å². The average molecular weight is 349 g/mol. The first-order chi connectivity index (χ1) is 11.5. The van der Waals surface area contributed by atoms with Crippen LogP contribution in [0.1, 0.15) is 28.9 Å². The second-order valence-electron chi connectivity index (χ2n) is 6.18. The number of benzene rings is 1. The van der Waals surface area contributed by atoms with Gasteiger partial charge < -0.3 is 10.0 Å². The van der Waals surface area contributed by atoms with Gasteiger partial charge in [-0.3, -0.25) is 4.79 Å². The van der Waals surface area contributed by atoms with Crippen molar-refractivity contribution in [3.05, 3.63) is 64.7 Å². The monoisotopic (exact) mass is 348 g/mol. The molecule has 2 aromatic rings. The average Bonchev–Trinajstić information content (AvgIpc) is 2.55. The first-order valence-corrected chi connectivity index (χ1v) is 8.21. The topological polar surface area (TPSA) is 53.4 Å². The number of rotatable bonds is 3. The summed E-state index contributed by atoms with van der Waals surface area (Å²) >= 11 is 5.78. The van der Waals surface area contributed by atoms with E-state index in [1.54, 1.807) is 29.2 Å². The van der Waals surface area contributed by atoms with E-state index in [2.05, 4.69) is 4.98 Å². The quantitative estimate of drug-likeness (QED) is 0.927. The fraction of sp³-hybridized carbons (Fsp3) is 0.333. The summed E-state index contributed by atoms with van der Waals surface area (Å²) in [5.41, 5.74) is 0.185. The van der Waals surface area contributed by atoms with Gasteiger partial charge in [-0.15, -0.1) is 0 Å². The number of carbonyl (C=O) groups is 1. The number of pyridine rings is 1. The van der Waals surface area contributed by atoms with Gasteiger partial charge in [0, 0.05) is 25.7 Å². The molecule has 1 fully saturated rings. The minimum Gasteiger partial charge on any atom is -0.389 e. The Hall–Kier alpha value is -1.98. The van der Waals surface area contributed by atoms with Gasteiger partial charge in [0.2, 0.25) is 0 Å². The molecule has 1 amide bonds. The molecular formula is C18H18ClFN2O2. The normalized spacial score (nSPS) is 16.9. The third-order valence-electron chi connectivity index (χ3n) is 4.35. The molecule has 1 aliphatic heterocycles. The molecule has 6 heteroatoms. The summed E-state index contributed by atoms with van der Waals surface area (Å²) in [5, 5.41) is 11.2. The van der Waals surface area contributed by atoms with Crippen LogP contribution in [0.3, 0.4) is 0 Å². The molecule has 1 N–H and O–H groups in total. The Morgan fingerprint density at radius 3 is 2.67 bits per heavy atom. The van der Waals surface area contributed by atoms with E-state index in [1.165, 1.54) is 18.3 Å². The molecule has 1 aromatic carbocycles. The van der Waals surface area contributed by atoms with E-state index in [4.69, 9.17) is 11.6 Å². The summed E-state index contributed by atoms with van der Waals surface area (Å²) in [4.78, 5) is 18.1. The summed E-state index contributed by atoms with van der Waals surface area (Å²) in [7, 11) is 0. The van der Waals surface area contributed by atoms with Gasteiger partial charge in [0.25, 0.3) is 5.91 Å². The highest BCUT2D eigenvalue weighted by Crippen LogP contribution is 2.27. The lowest BCUT2D eigenvalue weighted by atomic mass is 9.85. The SMILES string of the molecule is O=C(c1ccc(Cl)cn1)N1CCC(O)(Cc2cccc(F)c2)CC1. The number of aromatic nitrogens is 1. The Morgan fingerprint density at radius 1 is 1.29 bits per heavy atom. The van der Waals surface area contributed by atoms with Gasteiger partial charge in [-0.2, -0.15) is 0 Å². The summed E-state index contributed by atoms with van der Waals surface area (Å²) < 4.78 is 13.3. The predicted octanol–water partition coefficient (Wildman–Crippen LogP) is 3.08. The zero-order valence-corrected chi connectivity index (χ0v) is 13.8. The van der Waals surface area contributed by atoms with Crippen LogP contribution in [0.2, 0.25) is 5.02 Å². The Bertz CT molecular complexity index is 728. The molecule has 4 nitrogen and oxygen atoms in total. The number of amides is 1. The molecule has 3 rings (SSSR count). The van der Waals surface area contributed by atoms with Crippen molar-refractivity contribution in [1.82, 2.24) is 9.88 Å². The number of halogens is 2. The van der Waals surface area contributed by atoms with E-state index in [1.807, 2.05) is 0 Å². The van der Waals surface area contributed by atoms with Crippen LogP contribution >= 0.6 is 11.6 Å². The van der Waals surface area contributed by atoms with Gasteiger partial charge in [-0.1, -0.05) is 23.7 Å².